The largest absolute Gasteiger partial charge is 0.466 e. The molecule has 0 aromatic heterocycles. The van der Waals surface area contributed by atoms with Crippen LogP contribution < -0.4 is 10.5 Å². The molecule has 0 aromatic rings. The fourth-order valence-electron chi connectivity index (χ4n) is 1.28. The molecule has 0 spiro atoms. The molecule has 0 bridgehead atoms. The van der Waals surface area contributed by atoms with Gasteiger partial charge in [0.2, 0.25) is 10.0 Å². The van der Waals surface area contributed by atoms with Gasteiger partial charge in [0.15, 0.2) is 0 Å². The molecule has 0 heterocycles. The lowest BCUT2D eigenvalue weighted by Gasteiger charge is -2.26. The molecule has 0 aliphatic heterocycles. The molecular formula is C11H24N2O4S. The lowest BCUT2D eigenvalue weighted by Crippen LogP contribution is -2.49. The van der Waals surface area contributed by atoms with Crippen molar-refractivity contribution < 1.29 is 17.9 Å². The summed E-state index contributed by atoms with van der Waals surface area (Å²) in [6, 6.07) is 0. The Morgan fingerprint density at radius 2 is 1.83 bits per heavy atom. The maximum atomic E-state index is 11.6. The second kappa shape index (κ2) is 7.70. The van der Waals surface area contributed by atoms with Crippen molar-refractivity contribution in [3.8, 4) is 0 Å². The zero-order valence-electron chi connectivity index (χ0n) is 11.4. The average Bonchev–Trinajstić information content (AvgIpc) is 2.34. The summed E-state index contributed by atoms with van der Waals surface area (Å²) < 4.78 is 30.4. The average molecular weight is 280 g/mol. The molecule has 0 aliphatic carbocycles. The van der Waals surface area contributed by atoms with Gasteiger partial charge in [-0.3, -0.25) is 4.79 Å². The highest BCUT2D eigenvalue weighted by Crippen LogP contribution is 2.10. The van der Waals surface area contributed by atoms with E-state index in [0.717, 1.165) is 0 Å². The Morgan fingerprint density at radius 1 is 1.28 bits per heavy atom. The Hall–Kier alpha value is -0.660. The molecule has 0 aromatic carbocycles. The summed E-state index contributed by atoms with van der Waals surface area (Å²) in [5.74, 6) is -0.775. The summed E-state index contributed by atoms with van der Waals surface area (Å²) >= 11 is 0. The van der Waals surface area contributed by atoms with E-state index in [2.05, 4.69) is 9.46 Å². The van der Waals surface area contributed by atoms with Crippen LogP contribution in [0.5, 0.6) is 0 Å². The van der Waals surface area contributed by atoms with Crippen LogP contribution in [0.3, 0.4) is 0 Å². The second-order valence-electron chi connectivity index (χ2n) is 4.26. The third-order valence-electron chi connectivity index (χ3n) is 2.93. The molecule has 0 aliphatic rings. The number of rotatable bonds is 9. The van der Waals surface area contributed by atoms with Crippen molar-refractivity contribution in [2.24, 2.45) is 5.73 Å². The monoisotopic (exact) mass is 280 g/mol. The number of hydrogen-bond acceptors (Lipinski definition) is 5. The maximum Gasteiger partial charge on any atom is 0.306 e. The molecule has 0 fully saturated rings. The summed E-state index contributed by atoms with van der Waals surface area (Å²) in [4.78, 5) is 11.1. The van der Waals surface area contributed by atoms with E-state index >= 15 is 0 Å². The van der Waals surface area contributed by atoms with Crippen molar-refractivity contribution in [3.05, 3.63) is 0 Å². The first kappa shape index (κ1) is 17.3. The fraction of sp³-hybridized carbons (Fsp3) is 0.909. The van der Waals surface area contributed by atoms with Crippen LogP contribution in [0.2, 0.25) is 0 Å². The minimum absolute atomic E-state index is 0.140. The molecule has 0 amide bonds. The van der Waals surface area contributed by atoms with Gasteiger partial charge in [-0.25, -0.2) is 13.1 Å². The number of nitrogens with one attached hydrogen (secondary N) is 1. The smallest absolute Gasteiger partial charge is 0.306 e. The topological polar surface area (TPSA) is 98.5 Å². The number of carbonyl (C=O) groups is 1. The van der Waals surface area contributed by atoms with Crippen LogP contribution >= 0.6 is 0 Å². The number of hydrogen-bond donors (Lipinski definition) is 2. The minimum Gasteiger partial charge on any atom is -0.466 e. The van der Waals surface area contributed by atoms with Crippen LogP contribution in [0.15, 0.2) is 0 Å². The van der Waals surface area contributed by atoms with Crippen molar-refractivity contribution in [1.82, 2.24) is 4.72 Å². The zero-order chi connectivity index (χ0) is 14.2. The third kappa shape index (κ3) is 6.93. The highest BCUT2D eigenvalue weighted by atomic mass is 32.2. The van der Waals surface area contributed by atoms with Gasteiger partial charge in [0.25, 0.3) is 0 Å². The Labute approximate surface area is 109 Å². The molecule has 0 unspecified atom stereocenters. The number of sulfonamides is 1. The predicted octanol–water partition coefficient (Wildman–Crippen LogP) is 0.377. The van der Waals surface area contributed by atoms with Gasteiger partial charge in [-0.1, -0.05) is 13.8 Å². The van der Waals surface area contributed by atoms with E-state index in [0.29, 0.717) is 12.8 Å². The van der Waals surface area contributed by atoms with E-state index in [9.17, 15) is 13.2 Å². The number of ether oxygens (including phenoxy) is 1. The van der Waals surface area contributed by atoms with E-state index in [4.69, 9.17) is 5.73 Å². The van der Waals surface area contributed by atoms with E-state index in [1.165, 1.54) is 0 Å². The SMILES string of the molecule is CCOC(=O)CCS(=O)(=O)NCC(N)(CC)CC. The predicted molar refractivity (Wildman–Crippen MR) is 70.5 cm³/mol. The normalized spacial score (nSPS) is 12.4. The van der Waals surface area contributed by atoms with E-state index in [1.54, 1.807) is 6.92 Å². The molecule has 0 radical (unpaired) electrons. The highest BCUT2D eigenvalue weighted by molar-refractivity contribution is 7.89. The van der Waals surface area contributed by atoms with Gasteiger partial charge in [-0.2, -0.15) is 0 Å². The van der Waals surface area contributed by atoms with Crippen LogP contribution in [0, 0.1) is 0 Å². The lowest BCUT2D eigenvalue weighted by molar-refractivity contribution is -0.142. The van der Waals surface area contributed by atoms with Crippen molar-refractivity contribution in [1.29, 1.82) is 0 Å². The summed E-state index contributed by atoms with van der Waals surface area (Å²) in [6.45, 7) is 5.94. The van der Waals surface area contributed by atoms with Crippen LogP contribution in [0.4, 0.5) is 0 Å². The van der Waals surface area contributed by atoms with Crippen molar-refractivity contribution in [2.75, 3.05) is 18.9 Å². The first-order valence-corrected chi connectivity index (χ1v) is 7.85. The van der Waals surface area contributed by atoms with Crippen molar-refractivity contribution in [2.45, 2.75) is 45.6 Å². The Balaban J connectivity index is 4.20. The van der Waals surface area contributed by atoms with E-state index in [1.807, 2.05) is 13.8 Å². The van der Waals surface area contributed by atoms with Crippen molar-refractivity contribution in [3.63, 3.8) is 0 Å². The summed E-state index contributed by atoms with van der Waals surface area (Å²) in [5.41, 5.74) is 5.46. The van der Waals surface area contributed by atoms with Gasteiger partial charge in [0.05, 0.1) is 18.8 Å². The standard InChI is InChI=1S/C11H24N2O4S/c1-4-11(12,5-2)9-13-18(15,16)8-7-10(14)17-6-3/h13H,4-9,12H2,1-3H3. The molecule has 0 rings (SSSR count). The number of carbonyl (C=O) groups excluding carboxylic acids is 1. The molecule has 18 heavy (non-hydrogen) atoms. The Kier molecular flexibility index (Phi) is 7.42. The van der Waals surface area contributed by atoms with Gasteiger partial charge >= 0.3 is 5.97 Å². The first-order chi connectivity index (χ1) is 8.28. The molecule has 0 saturated carbocycles. The van der Waals surface area contributed by atoms with Crippen LogP contribution in [-0.4, -0.2) is 38.8 Å². The first-order valence-electron chi connectivity index (χ1n) is 6.20. The molecule has 0 saturated heterocycles. The molecule has 7 heteroatoms. The molecule has 0 atom stereocenters. The van der Waals surface area contributed by atoms with E-state index < -0.39 is 21.5 Å². The van der Waals surface area contributed by atoms with Gasteiger partial charge in [-0.05, 0) is 19.8 Å². The Morgan fingerprint density at radius 3 is 2.28 bits per heavy atom. The Bertz CT molecular complexity index is 350. The maximum absolute atomic E-state index is 11.6. The second-order valence-corrected chi connectivity index (χ2v) is 6.19. The number of nitrogens with two attached hydrogens (primary N) is 1. The molecular weight excluding hydrogens is 256 g/mol. The van der Waals surface area contributed by atoms with Crippen LogP contribution in [0.25, 0.3) is 0 Å². The zero-order valence-corrected chi connectivity index (χ0v) is 12.2. The van der Waals surface area contributed by atoms with E-state index in [-0.39, 0.29) is 25.3 Å². The summed E-state index contributed by atoms with van der Waals surface area (Å²) in [7, 11) is -3.48. The molecule has 6 nitrogen and oxygen atoms in total. The van der Waals surface area contributed by atoms with Gasteiger partial charge < -0.3 is 10.5 Å². The van der Waals surface area contributed by atoms with Crippen LogP contribution in [-0.2, 0) is 19.6 Å². The fourth-order valence-corrected chi connectivity index (χ4v) is 2.36. The van der Waals surface area contributed by atoms with Crippen molar-refractivity contribution >= 4 is 16.0 Å². The quantitative estimate of drug-likeness (QED) is 0.595. The molecule has 3 N–H and O–H groups in total. The van der Waals surface area contributed by atoms with Gasteiger partial charge in [0, 0.05) is 12.1 Å². The minimum atomic E-state index is -3.48. The highest BCUT2D eigenvalue weighted by Gasteiger charge is 2.23. The van der Waals surface area contributed by atoms with Gasteiger partial charge in [-0.15, -0.1) is 0 Å². The van der Waals surface area contributed by atoms with Gasteiger partial charge in [0.1, 0.15) is 0 Å². The number of esters is 1. The molecule has 108 valence electrons. The van der Waals surface area contributed by atoms with Crippen LogP contribution in [0.1, 0.15) is 40.0 Å². The summed E-state index contributed by atoms with van der Waals surface area (Å²) in [6.07, 6.45) is 1.23. The lowest BCUT2D eigenvalue weighted by atomic mass is 9.95. The summed E-state index contributed by atoms with van der Waals surface area (Å²) in [5, 5.41) is 0. The third-order valence-corrected chi connectivity index (χ3v) is 4.26.